The number of fused-ring (bicyclic) bond motifs is 1. The molecule has 5 nitrogen and oxygen atoms in total. The summed E-state index contributed by atoms with van der Waals surface area (Å²) >= 11 is 1.79. The number of carbonyl (C=O) groups excluding carboxylic acids is 2. The maximum absolute atomic E-state index is 12.6. The predicted molar refractivity (Wildman–Crippen MR) is 95.3 cm³/mol. The summed E-state index contributed by atoms with van der Waals surface area (Å²) in [5.41, 5.74) is 0.963. The maximum atomic E-state index is 12.6. The van der Waals surface area contributed by atoms with Gasteiger partial charge in [0.05, 0.1) is 11.8 Å². The summed E-state index contributed by atoms with van der Waals surface area (Å²) in [5, 5.41) is 3.23. The van der Waals surface area contributed by atoms with E-state index in [1.807, 2.05) is 29.2 Å². The van der Waals surface area contributed by atoms with Crippen LogP contribution in [0.15, 0.2) is 29.2 Å². The molecule has 0 spiro atoms. The topological polar surface area (TPSA) is 58.6 Å². The van der Waals surface area contributed by atoms with E-state index in [9.17, 15) is 9.59 Å². The molecule has 2 heterocycles. The minimum Gasteiger partial charge on any atom is -0.376 e. The molecular weight excluding hydrogens is 324 g/mol. The van der Waals surface area contributed by atoms with Gasteiger partial charge in [-0.15, -0.1) is 11.8 Å². The van der Waals surface area contributed by atoms with Crippen LogP contribution in [0, 0.1) is 0 Å². The lowest BCUT2D eigenvalue weighted by atomic mass is 10.2. The van der Waals surface area contributed by atoms with E-state index in [1.54, 1.807) is 11.8 Å². The summed E-state index contributed by atoms with van der Waals surface area (Å²) in [7, 11) is 0. The highest BCUT2D eigenvalue weighted by atomic mass is 32.2. The molecule has 130 valence electrons. The molecule has 0 aromatic heterocycles. The average Bonchev–Trinajstić information content (AvgIpc) is 3.10. The second-order valence-corrected chi connectivity index (χ2v) is 7.82. The van der Waals surface area contributed by atoms with Crippen LogP contribution in [0.5, 0.6) is 0 Å². The molecule has 0 unspecified atom stereocenters. The molecule has 1 saturated heterocycles. The van der Waals surface area contributed by atoms with E-state index < -0.39 is 0 Å². The molecule has 2 atom stereocenters. The van der Waals surface area contributed by atoms with Crippen LogP contribution in [0.4, 0.5) is 5.69 Å². The fourth-order valence-corrected chi connectivity index (χ4v) is 4.22. The third-order valence-corrected chi connectivity index (χ3v) is 5.49. The van der Waals surface area contributed by atoms with E-state index in [-0.39, 0.29) is 30.8 Å². The van der Waals surface area contributed by atoms with Crippen LogP contribution in [-0.2, 0) is 14.3 Å². The fraction of sp³-hybridized carbons (Fsp3) is 0.556. The zero-order valence-corrected chi connectivity index (χ0v) is 14.8. The molecule has 1 N–H and O–H groups in total. The van der Waals surface area contributed by atoms with Crippen LogP contribution in [0.25, 0.3) is 0 Å². The van der Waals surface area contributed by atoms with E-state index in [2.05, 4.69) is 12.2 Å². The first-order chi connectivity index (χ1) is 11.6. The molecule has 0 saturated carbocycles. The quantitative estimate of drug-likeness (QED) is 0.889. The minimum absolute atomic E-state index is 0.0156. The highest BCUT2D eigenvalue weighted by Gasteiger charge is 2.26. The highest BCUT2D eigenvalue weighted by molar-refractivity contribution is 8.00. The predicted octanol–water partition coefficient (Wildman–Crippen LogP) is 2.59. The lowest BCUT2D eigenvalue weighted by molar-refractivity contribution is -0.125. The van der Waals surface area contributed by atoms with Crippen LogP contribution in [-0.4, -0.2) is 42.9 Å². The number of hydrogen-bond acceptors (Lipinski definition) is 4. The van der Waals surface area contributed by atoms with Crippen LogP contribution >= 0.6 is 11.8 Å². The number of hydrogen-bond donors (Lipinski definition) is 1. The third-order valence-electron chi connectivity index (χ3n) is 4.34. The van der Waals surface area contributed by atoms with Gasteiger partial charge in [0.25, 0.3) is 0 Å². The number of amides is 2. The molecule has 0 bridgehead atoms. The van der Waals surface area contributed by atoms with Crippen molar-refractivity contribution in [1.82, 2.24) is 5.32 Å². The van der Waals surface area contributed by atoms with Crippen molar-refractivity contribution < 1.29 is 14.3 Å². The number of benzene rings is 1. The molecule has 1 fully saturated rings. The van der Waals surface area contributed by atoms with Crippen molar-refractivity contribution in [3.63, 3.8) is 0 Å². The summed E-state index contributed by atoms with van der Waals surface area (Å²) in [6.45, 7) is 4.14. The number of nitrogens with zero attached hydrogens (tertiary/aromatic N) is 1. The second-order valence-electron chi connectivity index (χ2n) is 6.34. The van der Waals surface area contributed by atoms with Crippen LogP contribution in [0.2, 0.25) is 0 Å². The Bertz CT molecular complexity index is 602. The number of nitrogens with one attached hydrogen (secondary N) is 1. The molecule has 2 aliphatic heterocycles. The Morgan fingerprint density at radius 2 is 2.17 bits per heavy atom. The Labute approximate surface area is 147 Å². The first-order valence-electron chi connectivity index (χ1n) is 8.58. The van der Waals surface area contributed by atoms with Gasteiger partial charge in [0, 0.05) is 42.7 Å². The van der Waals surface area contributed by atoms with Crippen molar-refractivity contribution in [2.45, 2.75) is 48.9 Å². The zero-order valence-electron chi connectivity index (χ0n) is 14.0. The monoisotopic (exact) mass is 348 g/mol. The zero-order chi connectivity index (χ0) is 16.9. The lowest BCUT2D eigenvalue weighted by Gasteiger charge is -2.32. The van der Waals surface area contributed by atoms with Crippen LogP contribution < -0.4 is 10.2 Å². The van der Waals surface area contributed by atoms with Crippen molar-refractivity contribution >= 4 is 29.3 Å². The maximum Gasteiger partial charge on any atom is 0.227 e. The number of ether oxygens (including phenoxy) is 1. The minimum atomic E-state index is -0.0773. The summed E-state index contributed by atoms with van der Waals surface area (Å²) in [6.07, 6.45) is 2.66. The van der Waals surface area contributed by atoms with Gasteiger partial charge in [0.15, 0.2) is 0 Å². The second kappa shape index (κ2) is 8.03. The Balaban J connectivity index is 1.50. The van der Waals surface area contributed by atoms with Gasteiger partial charge in [-0.1, -0.05) is 19.1 Å². The number of rotatable bonds is 5. The molecule has 1 aromatic carbocycles. The van der Waals surface area contributed by atoms with Gasteiger partial charge in [-0.3, -0.25) is 9.59 Å². The van der Waals surface area contributed by atoms with Crippen molar-refractivity contribution in [3.8, 4) is 0 Å². The first-order valence-corrected chi connectivity index (χ1v) is 9.46. The molecule has 3 rings (SSSR count). The van der Waals surface area contributed by atoms with Crippen LogP contribution in [0.1, 0.15) is 32.6 Å². The van der Waals surface area contributed by atoms with Gasteiger partial charge >= 0.3 is 0 Å². The van der Waals surface area contributed by atoms with Crippen molar-refractivity contribution in [2.24, 2.45) is 0 Å². The largest absolute Gasteiger partial charge is 0.376 e. The molecule has 1 aromatic rings. The first kappa shape index (κ1) is 17.3. The summed E-state index contributed by atoms with van der Waals surface area (Å²) in [5.74, 6) is -0.0616. The summed E-state index contributed by atoms with van der Waals surface area (Å²) < 4.78 is 5.48. The van der Waals surface area contributed by atoms with E-state index in [1.165, 1.54) is 0 Å². The van der Waals surface area contributed by atoms with Gasteiger partial charge in [-0.2, -0.15) is 0 Å². The van der Waals surface area contributed by atoms with E-state index in [0.717, 1.165) is 30.0 Å². The number of thioether (sulfide) groups is 1. The molecule has 0 radical (unpaired) electrons. The molecule has 2 aliphatic rings. The lowest BCUT2D eigenvalue weighted by Crippen LogP contribution is -2.39. The van der Waals surface area contributed by atoms with Gasteiger partial charge in [-0.05, 0) is 25.0 Å². The van der Waals surface area contributed by atoms with Crippen LogP contribution in [0.3, 0.4) is 0 Å². The highest BCUT2D eigenvalue weighted by Crippen LogP contribution is 2.38. The molecule has 24 heavy (non-hydrogen) atoms. The van der Waals surface area contributed by atoms with Gasteiger partial charge < -0.3 is 15.0 Å². The van der Waals surface area contributed by atoms with Gasteiger partial charge in [-0.25, -0.2) is 0 Å². The summed E-state index contributed by atoms with van der Waals surface area (Å²) in [4.78, 5) is 27.5. The Morgan fingerprint density at radius 3 is 2.96 bits per heavy atom. The van der Waals surface area contributed by atoms with E-state index in [0.29, 0.717) is 18.3 Å². The van der Waals surface area contributed by atoms with E-state index >= 15 is 0 Å². The Hall–Kier alpha value is -1.53. The SMILES string of the molecule is C[C@@H]1CN(C(=O)CCC(=O)NC[C@@H]2CCCO2)c2ccccc2S1. The Kier molecular flexibility index (Phi) is 5.79. The van der Waals surface area contributed by atoms with Crippen molar-refractivity contribution in [1.29, 1.82) is 0 Å². The molecule has 2 amide bonds. The third kappa shape index (κ3) is 4.30. The summed E-state index contributed by atoms with van der Waals surface area (Å²) in [6, 6.07) is 7.96. The number of carbonyl (C=O) groups is 2. The number of para-hydroxylation sites is 1. The normalized spacial score (nSPS) is 23.0. The molecule has 6 heteroatoms. The molecular formula is C18H24N2O3S. The van der Waals surface area contributed by atoms with Crippen molar-refractivity contribution in [3.05, 3.63) is 24.3 Å². The fourth-order valence-electron chi connectivity index (χ4n) is 3.10. The standard InChI is InChI=1S/C18H24N2O3S/c1-13-12-20(15-6-2-3-7-16(15)24-13)18(22)9-8-17(21)19-11-14-5-4-10-23-14/h2-3,6-7,13-14H,4-5,8-12H2,1H3,(H,19,21)/t13-,14+/m1/s1. The van der Waals surface area contributed by atoms with Crippen molar-refractivity contribution in [2.75, 3.05) is 24.6 Å². The number of anilines is 1. The molecule has 0 aliphatic carbocycles. The Morgan fingerprint density at radius 1 is 1.33 bits per heavy atom. The van der Waals surface area contributed by atoms with Gasteiger partial charge in [0.1, 0.15) is 0 Å². The smallest absolute Gasteiger partial charge is 0.227 e. The van der Waals surface area contributed by atoms with Gasteiger partial charge in [0.2, 0.25) is 11.8 Å². The average molecular weight is 348 g/mol. The van der Waals surface area contributed by atoms with E-state index in [4.69, 9.17) is 4.74 Å².